The minimum atomic E-state index is -0.413. The zero-order valence-corrected chi connectivity index (χ0v) is 15.1. The molecule has 0 unspecified atom stereocenters. The summed E-state index contributed by atoms with van der Waals surface area (Å²) in [6.07, 6.45) is 0. The number of fused-ring (bicyclic) bond motifs is 1. The van der Waals surface area contributed by atoms with E-state index >= 15 is 0 Å². The highest BCUT2D eigenvalue weighted by molar-refractivity contribution is 5.99. The van der Waals surface area contributed by atoms with Crippen LogP contribution in [-0.4, -0.2) is 40.8 Å². The molecule has 1 aliphatic rings. The summed E-state index contributed by atoms with van der Waals surface area (Å²) in [5.74, 6) is 1.24. The second-order valence-corrected chi connectivity index (χ2v) is 6.77. The Labute approximate surface area is 150 Å². The molecule has 2 aromatic heterocycles. The van der Waals surface area contributed by atoms with Crippen molar-refractivity contribution in [1.82, 2.24) is 15.1 Å². The van der Waals surface area contributed by atoms with Gasteiger partial charge in [0, 0.05) is 23.4 Å². The summed E-state index contributed by atoms with van der Waals surface area (Å²) in [6.45, 7) is 7.10. The van der Waals surface area contributed by atoms with E-state index in [4.69, 9.17) is 13.6 Å². The van der Waals surface area contributed by atoms with Crippen LogP contribution in [0, 0.1) is 6.92 Å². The molecule has 26 heavy (non-hydrogen) atoms. The molecule has 0 N–H and O–H groups in total. The number of para-hydroxylation sites is 1. The van der Waals surface area contributed by atoms with Gasteiger partial charge in [0.2, 0.25) is 11.8 Å². The Hall–Kier alpha value is -2.67. The second-order valence-electron chi connectivity index (χ2n) is 6.77. The number of furan rings is 1. The molecule has 3 heterocycles. The number of aromatic nitrogens is 2. The van der Waals surface area contributed by atoms with Crippen molar-refractivity contribution in [2.24, 2.45) is 0 Å². The largest absolute Gasteiger partial charge is 0.451 e. The van der Waals surface area contributed by atoms with Crippen LogP contribution in [0.25, 0.3) is 11.0 Å². The lowest BCUT2D eigenvalue weighted by Gasteiger charge is -2.32. The van der Waals surface area contributed by atoms with Gasteiger partial charge in [0.1, 0.15) is 11.6 Å². The molecule has 1 saturated heterocycles. The molecule has 0 radical (unpaired) electrons. The van der Waals surface area contributed by atoms with Crippen LogP contribution in [-0.2, 0) is 4.74 Å². The van der Waals surface area contributed by atoms with Crippen molar-refractivity contribution < 1.29 is 18.4 Å². The molecule has 7 heteroatoms. The first kappa shape index (κ1) is 16.8. The molecule has 1 fully saturated rings. The van der Waals surface area contributed by atoms with Gasteiger partial charge in [-0.2, -0.15) is 0 Å². The van der Waals surface area contributed by atoms with Gasteiger partial charge in [-0.3, -0.25) is 4.79 Å². The van der Waals surface area contributed by atoms with Gasteiger partial charge in [-0.05, 0) is 13.0 Å². The summed E-state index contributed by atoms with van der Waals surface area (Å²) < 4.78 is 17.2. The van der Waals surface area contributed by atoms with Crippen LogP contribution in [0.2, 0.25) is 0 Å². The van der Waals surface area contributed by atoms with Crippen molar-refractivity contribution in [2.75, 3.05) is 19.8 Å². The summed E-state index contributed by atoms with van der Waals surface area (Å²) in [5, 5.41) is 9.15. The van der Waals surface area contributed by atoms with Crippen molar-refractivity contribution in [2.45, 2.75) is 32.7 Å². The Morgan fingerprint density at radius 3 is 2.77 bits per heavy atom. The summed E-state index contributed by atoms with van der Waals surface area (Å²) in [5.41, 5.74) is 1.54. The van der Waals surface area contributed by atoms with Gasteiger partial charge >= 0.3 is 0 Å². The molecule has 3 aromatic rings. The summed E-state index contributed by atoms with van der Waals surface area (Å²) in [7, 11) is 0. The molecule has 1 aromatic carbocycles. The van der Waals surface area contributed by atoms with E-state index < -0.39 is 6.04 Å². The lowest BCUT2D eigenvalue weighted by molar-refractivity contribution is -0.0121. The van der Waals surface area contributed by atoms with E-state index in [1.807, 2.05) is 45.0 Å². The van der Waals surface area contributed by atoms with Crippen LogP contribution in [0.15, 0.2) is 33.1 Å². The third-order valence-electron chi connectivity index (χ3n) is 4.66. The van der Waals surface area contributed by atoms with Gasteiger partial charge in [0.25, 0.3) is 5.91 Å². The number of carbonyl (C=O) groups excluding carboxylic acids is 1. The van der Waals surface area contributed by atoms with Crippen LogP contribution < -0.4 is 0 Å². The highest BCUT2D eigenvalue weighted by Crippen LogP contribution is 2.30. The smallest absolute Gasteiger partial charge is 0.290 e. The average Bonchev–Trinajstić information content (AvgIpc) is 3.27. The molecule has 0 saturated carbocycles. The molecule has 0 aliphatic carbocycles. The number of carbonyl (C=O) groups is 1. The molecule has 4 rings (SSSR count). The molecule has 1 atom stereocenters. The van der Waals surface area contributed by atoms with Crippen molar-refractivity contribution in [3.8, 4) is 0 Å². The number of amides is 1. The molecule has 0 spiro atoms. The minimum Gasteiger partial charge on any atom is -0.451 e. The number of ether oxygens (including phenoxy) is 1. The Kier molecular flexibility index (Phi) is 4.24. The third-order valence-corrected chi connectivity index (χ3v) is 4.66. The zero-order chi connectivity index (χ0) is 18.3. The van der Waals surface area contributed by atoms with Crippen LogP contribution in [0.1, 0.15) is 53.7 Å². The van der Waals surface area contributed by atoms with Crippen molar-refractivity contribution in [3.63, 3.8) is 0 Å². The van der Waals surface area contributed by atoms with E-state index in [-0.39, 0.29) is 11.8 Å². The monoisotopic (exact) mass is 355 g/mol. The number of rotatable bonds is 3. The predicted molar refractivity (Wildman–Crippen MR) is 93.9 cm³/mol. The fraction of sp³-hybridized carbons (Fsp3) is 0.421. The lowest BCUT2D eigenvalue weighted by Crippen LogP contribution is -2.43. The zero-order valence-electron chi connectivity index (χ0n) is 15.1. The first-order valence-electron chi connectivity index (χ1n) is 8.76. The van der Waals surface area contributed by atoms with Crippen molar-refractivity contribution in [3.05, 3.63) is 47.4 Å². The fourth-order valence-corrected chi connectivity index (χ4v) is 3.17. The summed E-state index contributed by atoms with van der Waals surface area (Å²) in [6, 6.07) is 7.23. The molecular formula is C19H21N3O4. The topological polar surface area (TPSA) is 81.6 Å². The Balaban J connectivity index is 1.68. The highest BCUT2D eigenvalue weighted by atomic mass is 16.5. The van der Waals surface area contributed by atoms with Gasteiger partial charge < -0.3 is 18.5 Å². The molecule has 1 amide bonds. The first-order chi connectivity index (χ1) is 12.6. The van der Waals surface area contributed by atoms with Crippen LogP contribution in [0.4, 0.5) is 0 Å². The molecular weight excluding hydrogens is 334 g/mol. The number of nitrogens with zero attached hydrogens (tertiary/aromatic N) is 3. The number of hydrogen-bond acceptors (Lipinski definition) is 6. The first-order valence-corrected chi connectivity index (χ1v) is 8.76. The average molecular weight is 355 g/mol. The lowest BCUT2D eigenvalue weighted by atomic mass is 10.1. The number of benzene rings is 1. The highest BCUT2D eigenvalue weighted by Gasteiger charge is 2.35. The Morgan fingerprint density at radius 2 is 2.04 bits per heavy atom. The van der Waals surface area contributed by atoms with Crippen molar-refractivity contribution >= 4 is 16.9 Å². The fourth-order valence-electron chi connectivity index (χ4n) is 3.17. The third kappa shape index (κ3) is 2.78. The normalized spacial score (nSPS) is 18.0. The van der Waals surface area contributed by atoms with E-state index in [1.54, 1.807) is 4.90 Å². The van der Waals surface area contributed by atoms with E-state index in [1.165, 1.54) is 0 Å². The molecule has 0 bridgehead atoms. The minimum absolute atomic E-state index is 0.127. The second kappa shape index (κ2) is 6.57. The summed E-state index contributed by atoms with van der Waals surface area (Å²) in [4.78, 5) is 14.9. The number of hydrogen-bond donors (Lipinski definition) is 0. The van der Waals surface area contributed by atoms with Gasteiger partial charge in [0.15, 0.2) is 5.76 Å². The Morgan fingerprint density at radius 1 is 1.23 bits per heavy atom. The van der Waals surface area contributed by atoms with E-state index in [2.05, 4.69) is 10.2 Å². The predicted octanol–water partition coefficient (Wildman–Crippen LogP) is 3.46. The SMILES string of the molecule is Cc1c(C(=O)N2CCOC[C@H]2c2nnc(C(C)C)o2)oc2ccccc12. The maximum Gasteiger partial charge on any atom is 0.290 e. The van der Waals surface area contributed by atoms with Crippen LogP contribution in [0.3, 0.4) is 0 Å². The Bertz CT molecular complexity index is 943. The van der Waals surface area contributed by atoms with E-state index in [0.29, 0.717) is 42.9 Å². The number of morpholine rings is 1. The number of aryl methyl sites for hydroxylation is 1. The molecule has 1 aliphatic heterocycles. The van der Waals surface area contributed by atoms with E-state index in [9.17, 15) is 4.79 Å². The van der Waals surface area contributed by atoms with Gasteiger partial charge in [0.05, 0.1) is 13.2 Å². The quantitative estimate of drug-likeness (QED) is 0.716. The van der Waals surface area contributed by atoms with Crippen LogP contribution >= 0.6 is 0 Å². The van der Waals surface area contributed by atoms with Crippen LogP contribution in [0.5, 0.6) is 0 Å². The maximum atomic E-state index is 13.2. The molecule has 136 valence electrons. The standard InChI is InChI=1S/C19H21N3O4/c1-11(2)17-20-21-18(26-17)14-10-24-9-8-22(14)19(23)16-12(3)13-6-4-5-7-15(13)25-16/h4-7,11,14H,8-10H2,1-3H3/t14-/m0/s1. The van der Waals surface area contributed by atoms with Gasteiger partial charge in [-0.1, -0.05) is 32.0 Å². The van der Waals surface area contributed by atoms with E-state index in [0.717, 1.165) is 10.9 Å². The summed E-state index contributed by atoms with van der Waals surface area (Å²) >= 11 is 0. The van der Waals surface area contributed by atoms with Gasteiger partial charge in [-0.15, -0.1) is 10.2 Å². The van der Waals surface area contributed by atoms with Crippen molar-refractivity contribution in [1.29, 1.82) is 0 Å². The maximum absolute atomic E-state index is 13.2. The van der Waals surface area contributed by atoms with Gasteiger partial charge in [-0.25, -0.2) is 0 Å². The molecule has 7 nitrogen and oxygen atoms in total.